The number of nitrogens with one attached hydrogen (secondary N) is 2. The number of carbonyl (C=O) groups excluding carboxylic acids is 1. The fourth-order valence-electron chi connectivity index (χ4n) is 1.83. The minimum Gasteiger partial charge on any atom is -0.360 e. The molecule has 1 aromatic heterocycles. The molecule has 9 heteroatoms. The van der Waals surface area contributed by atoms with E-state index < -0.39 is 27.8 Å². The van der Waals surface area contributed by atoms with E-state index >= 15 is 0 Å². The number of amides is 1. The summed E-state index contributed by atoms with van der Waals surface area (Å²) in [7, 11) is -3.94. The molecule has 2 N–H and O–H groups in total. The second kappa shape index (κ2) is 6.88. The van der Waals surface area contributed by atoms with Crippen LogP contribution in [-0.2, 0) is 14.8 Å². The van der Waals surface area contributed by atoms with Crippen LogP contribution in [0.5, 0.6) is 0 Å². The number of nitrogens with zero attached hydrogens (tertiary/aromatic N) is 1. The largest absolute Gasteiger partial charge is 0.360 e. The van der Waals surface area contributed by atoms with Gasteiger partial charge in [0.2, 0.25) is 15.9 Å². The van der Waals surface area contributed by atoms with Crippen LogP contribution in [0.15, 0.2) is 39.8 Å². The third-order valence-electron chi connectivity index (χ3n) is 3.03. The van der Waals surface area contributed by atoms with Crippen molar-refractivity contribution in [3.63, 3.8) is 0 Å². The Hall–Kier alpha value is -2.26. The van der Waals surface area contributed by atoms with E-state index in [1.54, 1.807) is 13.8 Å². The Morgan fingerprint density at radius 3 is 2.52 bits per heavy atom. The highest BCUT2D eigenvalue weighted by atomic mass is 32.2. The number of aryl methyl sites for hydroxylation is 1. The summed E-state index contributed by atoms with van der Waals surface area (Å²) in [5, 5.41) is 6.08. The quantitative estimate of drug-likeness (QED) is 0.834. The van der Waals surface area contributed by atoms with Crippen LogP contribution < -0.4 is 10.0 Å². The van der Waals surface area contributed by atoms with Gasteiger partial charge in [0.05, 0.1) is 4.90 Å². The number of aromatic nitrogens is 1. The summed E-state index contributed by atoms with van der Waals surface area (Å²) < 4.78 is 44.4. The normalized spacial score (nSPS) is 12.8. The van der Waals surface area contributed by atoms with Crippen molar-refractivity contribution in [2.45, 2.75) is 31.2 Å². The molecule has 0 aliphatic heterocycles. The lowest BCUT2D eigenvalue weighted by Crippen LogP contribution is -2.43. The third kappa shape index (κ3) is 4.36. The standard InChI is InChI=1S/C14H16FN3O4S/c1-3-12(14(19)16-13-8-9(2)22-17-13)18-23(20,21)11-6-4-10(15)5-7-11/h4-8,12,18H,3H2,1-2H3,(H,16,17,19). The second-order valence-corrected chi connectivity index (χ2v) is 6.56. The number of hydrogen-bond donors (Lipinski definition) is 2. The first kappa shape index (κ1) is 17.1. The monoisotopic (exact) mass is 341 g/mol. The molecular formula is C14H16FN3O4S. The number of hydrogen-bond acceptors (Lipinski definition) is 5. The molecular weight excluding hydrogens is 325 g/mol. The molecule has 0 fully saturated rings. The predicted molar refractivity (Wildman–Crippen MR) is 80.7 cm³/mol. The Morgan fingerprint density at radius 2 is 2.00 bits per heavy atom. The van der Waals surface area contributed by atoms with E-state index in [0.717, 1.165) is 24.3 Å². The van der Waals surface area contributed by atoms with E-state index in [1.807, 2.05) is 0 Å². The Kier molecular flexibility index (Phi) is 5.12. The highest BCUT2D eigenvalue weighted by Gasteiger charge is 2.25. The number of sulfonamides is 1. The number of carbonyl (C=O) groups is 1. The fraction of sp³-hybridized carbons (Fsp3) is 0.286. The molecule has 0 aliphatic rings. The summed E-state index contributed by atoms with van der Waals surface area (Å²) in [4.78, 5) is 12.0. The Labute approximate surface area is 132 Å². The van der Waals surface area contributed by atoms with Gasteiger partial charge < -0.3 is 9.84 Å². The van der Waals surface area contributed by atoms with Gasteiger partial charge in [-0.2, -0.15) is 4.72 Å². The molecule has 0 saturated heterocycles. The van der Waals surface area contributed by atoms with E-state index in [0.29, 0.717) is 5.76 Å². The smallest absolute Gasteiger partial charge is 0.243 e. The predicted octanol–water partition coefficient (Wildman–Crippen LogP) is 1.82. The molecule has 1 amide bonds. The summed E-state index contributed by atoms with van der Waals surface area (Å²) in [6, 6.07) is 4.84. The highest BCUT2D eigenvalue weighted by Crippen LogP contribution is 2.12. The number of halogens is 1. The molecule has 0 saturated carbocycles. The van der Waals surface area contributed by atoms with Gasteiger partial charge in [-0.15, -0.1) is 0 Å². The highest BCUT2D eigenvalue weighted by molar-refractivity contribution is 7.89. The molecule has 1 atom stereocenters. The first-order chi connectivity index (χ1) is 10.8. The average Bonchev–Trinajstić information content (AvgIpc) is 2.90. The van der Waals surface area contributed by atoms with Crippen molar-refractivity contribution in [2.75, 3.05) is 5.32 Å². The van der Waals surface area contributed by atoms with Crippen molar-refractivity contribution in [1.29, 1.82) is 0 Å². The zero-order chi connectivity index (χ0) is 17.0. The van der Waals surface area contributed by atoms with Crippen LogP contribution in [0.3, 0.4) is 0 Å². The topological polar surface area (TPSA) is 101 Å². The molecule has 1 aromatic carbocycles. The van der Waals surface area contributed by atoms with Crippen LogP contribution >= 0.6 is 0 Å². The lowest BCUT2D eigenvalue weighted by atomic mass is 10.2. The fourth-order valence-corrected chi connectivity index (χ4v) is 3.11. The van der Waals surface area contributed by atoms with Crippen LogP contribution in [0.2, 0.25) is 0 Å². The zero-order valence-electron chi connectivity index (χ0n) is 12.5. The van der Waals surface area contributed by atoms with Crippen LogP contribution in [0.25, 0.3) is 0 Å². The first-order valence-electron chi connectivity index (χ1n) is 6.84. The van der Waals surface area contributed by atoms with Crippen molar-refractivity contribution in [1.82, 2.24) is 9.88 Å². The number of benzene rings is 1. The Balaban J connectivity index is 2.11. The molecule has 23 heavy (non-hydrogen) atoms. The van der Waals surface area contributed by atoms with Crippen molar-refractivity contribution in [3.05, 3.63) is 41.9 Å². The van der Waals surface area contributed by atoms with Crippen LogP contribution in [-0.4, -0.2) is 25.5 Å². The van der Waals surface area contributed by atoms with Crippen molar-refractivity contribution < 1.29 is 22.1 Å². The summed E-state index contributed by atoms with van der Waals surface area (Å²) in [6.07, 6.45) is 0.225. The van der Waals surface area contributed by atoms with E-state index in [2.05, 4.69) is 15.2 Å². The Morgan fingerprint density at radius 1 is 1.35 bits per heavy atom. The van der Waals surface area contributed by atoms with E-state index in [-0.39, 0.29) is 17.1 Å². The van der Waals surface area contributed by atoms with Gasteiger partial charge in [0.15, 0.2) is 5.82 Å². The van der Waals surface area contributed by atoms with Crippen LogP contribution in [0.1, 0.15) is 19.1 Å². The average molecular weight is 341 g/mol. The maximum Gasteiger partial charge on any atom is 0.243 e. The second-order valence-electron chi connectivity index (χ2n) is 4.85. The molecule has 1 heterocycles. The molecule has 1 unspecified atom stereocenters. The molecule has 0 aliphatic carbocycles. The third-order valence-corrected chi connectivity index (χ3v) is 4.51. The van der Waals surface area contributed by atoms with Gasteiger partial charge in [-0.25, -0.2) is 12.8 Å². The summed E-state index contributed by atoms with van der Waals surface area (Å²) in [5.74, 6) is -0.395. The van der Waals surface area contributed by atoms with Gasteiger partial charge in [0.25, 0.3) is 0 Å². The van der Waals surface area contributed by atoms with Gasteiger partial charge in [-0.3, -0.25) is 4.79 Å². The molecule has 0 bridgehead atoms. The lowest BCUT2D eigenvalue weighted by molar-refractivity contribution is -0.117. The summed E-state index contributed by atoms with van der Waals surface area (Å²) in [5.41, 5.74) is 0. The first-order valence-corrected chi connectivity index (χ1v) is 8.32. The maximum atomic E-state index is 12.9. The van der Waals surface area contributed by atoms with E-state index in [4.69, 9.17) is 4.52 Å². The Bertz CT molecular complexity index is 787. The van der Waals surface area contributed by atoms with Gasteiger partial charge in [0.1, 0.15) is 17.6 Å². The van der Waals surface area contributed by atoms with E-state index in [9.17, 15) is 17.6 Å². The van der Waals surface area contributed by atoms with Gasteiger partial charge in [-0.1, -0.05) is 12.1 Å². The number of anilines is 1. The molecule has 0 spiro atoms. The van der Waals surface area contributed by atoms with Crippen LogP contribution in [0.4, 0.5) is 10.2 Å². The molecule has 2 aromatic rings. The minimum absolute atomic E-state index is 0.123. The maximum absolute atomic E-state index is 12.9. The van der Waals surface area contributed by atoms with E-state index in [1.165, 1.54) is 6.07 Å². The van der Waals surface area contributed by atoms with Crippen molar-refractivity contribution >= 4 is 21.7 Å². The van der Waals surface area contributed by atoms with Gasteiger partial charge in [-0.05, 0) is 37.6 Å². The van der Waals surface area contributed by atoms with Gasteiger partial charge >= 0.3 is 0 Å². The SMILES string of the molecule is CCC(NS(=O)(=O)c1ccc(F)cc1)C(=O)Nc1cc(C)on1. The molecule has 0 radical (unpaired) electrons. The minimum atomic E-state index is -3.94. The van der Waals surface area contributed by atoms with Crippen LogP contribution in [0, 0.1) is 12.7 Å². The number of rotatable bonds is 6. The summed E-state index contributed by atoms with van der Waals surface area (Å²) in [6.45, 7) is 3.32. The van der Waals surface area contributed by atoms with Crippen molar-refractivity contribution in [2.24, 2.45) is 0 Å². The van der Waals surface area contributed by atoms with Crippen molar-refractivity contribution in [3.8, 4) is 0 Å². The molecule has 7 nitrogen and oxygen atoms in total. The summed E-state index contributed by atoms with van der Waals surface area (Å²) >= 11 is 0. The molecule has 124 valence electrons. The lowest BCUT2D eigenvalue weighted by Gasteiger charge is -2.16. The molecule has 2 rings (SSSR count). The van der Waals surface area contributed by atoms with Gasteiger partial charge in [0, 0.05) is 6.07 Å². The zero-order valence-corrected chi connectivity index (χ0v) is 13.4.